The van der Waals surface area contributed by atoms with Crippen LogP contribution in [0.15, 0.2) is 22.7 Å². The molecule has 19 heavy (non-hydrogen) atoms. The van der Waals surface area contributed by atoms with Gasteiger partial charge in [-0.15, -0.1) is 0 Å². The van der Waals surface area contributed by atoms with Crippen molar-refractivity contribution in [3.8, 4) is 0 Å². The van der Waals surface area contributed by atoms with E-state index in [2.05, 4.69) is 27.8 Å². The molecule has 1 atom stereocenters. The quantitative estimate of drug-likeness (QED) is 0.889. The molecule has 1 aromatic rings. The van der Waals surface area contributed by atoms with Gasteiger partial charge in [-0.3, -0.25) is 4.90 Å². The van der Waals surface area contributed by atoms with E-state index < -0.39 is 0 Å². The Hall–Kier alpha value is -0.450. The van der Waals surface area contributed by atoms with Crippen molar-refractivity contribution in [2.45, 2.75) is 44.7 Å². The summed E-state index contributed by atoms with van der Waals surface area (Å²) < 4.78 is 14.2. The number of likely N-dealkylation sites (N-methyl/N-ethyl adjacent to an activating group) is 1. The molecule has 4 heteroatoms. The van der Waals surface area contributed by atoms with Gasteiger partial charge in [-0.05, 0) is 53.0 Å². The summed E-state index contributed by atoms with van der Waals surface area (Å²) in [4.78, 5) is 2.44. The van der Waals surface area contributed by atoms with Gasteiger partial charge in [-0.2, -0.15) is 0 Å². The molecule has 1 aliphatic carbocycles. The fourth-order valence-corrected chi connectivity index (χ4v) is 3.40. The summed E-state index contributed by atoms with van der Waals surface area (Å²) in [6.45, 7) is 3.66. The molecule has 1 unspecified atom stereocenters. The van der Waals surface area contributed by atoms with Gasteiger partial charge >= 0.3 is 0 Å². The van der Waals surface area contributed by atoms with Crippen LogP contribution in [0.2, 0.25) is 0 Å². The molecule has 0 aliphatic heterocycles. The molecule has 0 spiro atoms. The summed E-state index contributed by atoms with van der Waals surface area (Å²) in [6, 6.07) is 6.08. The first-order valence-electron chi connectivity index (χ1n) is 7.08. The van der Waals surface area contributed by atoms with Gasteiger partial charge < -0.3 is 5.73 Å². The fraction of sp³-hybridized carbons (Fsp3) is 0.600. The van der Waals surface area contributed by atoms with E-state index >= 15 is 0 Å². The maximum Gasteiger partial charge on any atom is 0.137 e. The van der Waals surface area contributed by atoms with Crippen LogP contribution in [0.5, 0.6) is 0 Å². The van der Waals surface area contributed by atoms with Gasteiger partial charge in [0.05, 0.1) is 4.47 Å². The lowest BCUT2D eigenvalue weighted by Gasteiger charge is -2.35. The minimum Gasteiger partial charge on any atom is -0.329 e. The molecular weight excluding hydrogens is 307 g/mol. The van der Waals surface area contributed by atoms with E-state index in [0.29, 0.717) is 17.1 Å². The van der Waals surface area contributed by atoms with Crippen LogP contribution in [0.25, 0.3) is 0 Å². The van der Waals surface area contributed by atoms with E-state index in [4.69, 9.17) is 5.73 Å². The van der Waals surface area contributed by atoms with Crippen LogP contribution in [0.4, 0.5) is 4.39 Å². The normalized spacial score (nSPS) is 18.2. The van der Waals surface area contributed by atoms with Crippen LogP contribution in [0.1, 0.15) is 44.2 Å². The van der Waals surface area contributed by atoms with Crippen LogP contribution < -0.4 is 5.73 Å². The molecule has 2 nitrogen and oxygen atoms in total. The van der Waals surface area contributed by atoms with Crippen molar-refractivity contribution >= 4 is 15.9 Å². The van der Waals surface area contributed by atoms with Gasteiger partial charge in [-0.1, -0.05) is 25.8 Å². The third-order valence-corrected chi connectivity index (χ3v) is 4.75. The maximum atomic E-state index is 13.7. The number of nitrogens with two attached hydrogens (primary N) is 1. The summed E-state index contributed by atoms with van der Waals surface area (Å²) in [5.41, 5.74) is 6.94. The van der Waals surface area contributed by atoms with E-state index in [-0.39, 0.29) is 11.9 Å². The Labute approximate surface area is 123 Å². The van der Waals surface area contributed by atoms with Crippen LogP contribution in [0.3, 0.4) is 0 Å². The lowest BCUT2D eigenvalue weighted by atomic mass is 10.0. The smallest absolute Gasteiger partial charge is 0.137 e. The Kier molecular flexibility index (Phi) is 5.37. The van der Waals surface area contributed by atoms with Gasteiger partial charge in [0.1, 0.15) is 5.82 Å². The van der Waals surface area contributed by atoms with Gasteiger partial charge in [0.15, 0.2) is 0 Å². The average molecular weight is 329 g/mol. The van der Waals surface area contributed by atoms with Crippen molar-refractivity contribution in [1.29, 1.82) is 0 Å². The van der Waals surface area contributed by atoms with Crippen LogP contribution in [0, 0.1) is 5.82 Å². The second-order valence-electron chi connectivity index (χ2n) is 5.19. The Morgan fingerprint density at radius 1 is 1.42 bits per heavy atom. The third kappa shape index (κ3) is 3.36. The summed E-state index contributed by atoms with van der Waals surface area (Å²) in [5.74, 6) is -0.210. The largest absolute Gasteiger partial charge is 0.329 e. The molecule has 1 aliphatic rings. The highest BCUT2D eigenvalue weighted by Crippen LogP contribution is 2.31. The Morgan fingerprint density at radius 3 is 2.63 bits per heavy atom. The number of halogens is 2. The van der Waals surface area contributed by atoms with E-state index in [1.165, 1.54) is 25.7 Å². The Morgan fingerprint density at radius 2 is 2.11 bits per heavy atom. The van der Waals surface area contributed by atoms with Gasteiger partial charge in [-0.25, -0.2) is 4.39 Å². The highest BCUT2D eigenvalue weighted by atomic mass is 79.9. The molecule has 106 valence electrons. The number of rotatable bonds is 5. The molecule has 1 fully saturated rings. The topological polar surface area (TPSA) is 29.3 Å². The van der Waals surface area contributed by atoms with Crippen LogP contribution >= 0.6 is 15.9 Å². The average Bonchev–Trinajstić information content (AvgIpc) is 2.93. The van der Waals surface area contributed by atoms with Crippen LogP contribution in [-0.4, -0.2) is 24.0 Å². The van der Waals surface area contributed by atoms with E-state index in [0.717, 1.165) is 12.1 Å². The molecule has 2 rings (SSSR count). The third-order valence-electron chi connectivity index (χ3n) is 4.11. The molecule has 1 saturated carbocycles. The molecule has 0 heterocycles. The summed E-state index contributed by atoms with van der Waals surface area (Å²) >= 11 is 3.20. The Bertz CT molecular complexity index is 419. The first-order valence-corrected chi connectivity index (χ1v) is 7.87. The monoisotopic (exact) mass is 328 g/mol. The zero-order chi connectivity index (χ0) is 13.8. The SMILES string of the molecule is CCN(C1CCCC1)C(CN)c1ccc(Br)c(F)c1. The first-order chi connectivity index (χ1) is 9.17. The minimum atomic E-state index is -0.210. The molecule has 0 radical (unpaired) electrons. The molecule has 0 aromatic heterocycles. The Balaban J connectivity index is 2.23. The first kappa shape index (κ1) is 14.9. The summed E-state index contributed by atoms with van der Waals surface area (Å²) in [6.07, 6.45) is 5.08. The van der Waals surface area contributed by atoms with Crippen molar-refractivity contribution in [1.82, 2.24) is 4.90 Å². The zero-order valence-electron chi connectivity index (χ0n) is 11.4. The molecule has 0 bridgehead atoms. The summed E-state index contributed by atoms with van der Waals surface area (Å²) in [5, 5.41) is 0. The van der Waals surface area contributed by atoms with Crippen molar-refractivity contribution in [2.24, 2.45) is 5.73 Å². The molecule has 2 N–H and O–H groups in total. The van der Waals surface area contributed by atoms with Gasteiger partial charge in [0.2, 0.25) is 0 Å². The van der Waals surface area contributed by atoms with E-state index in [1.807, 2.05) is 6.07 Å². The number of hydrogen-bond donors (Lipinski definition) is 1. The van der Waals surface area contributed by atoms with Crippen molar-refractivity contribution < 1.29 is 4.39 Å². The van der Waals surface area contributed by atoms with Crippen molar-refractivity contribution in [3.63, 3.8) is 0 Å². The van der Waals surface area contributed by atoms with Crippen molar-refractivity contribution in [3.05, 3.63) is 34.1 Å². The molecule has 1 aromatic carbocycles. The molecule has 0 saturated heterocycles. The lowest BCUT2D eigenvalue weighted by Crippen LogP contribution is -2.40. The minimum absolute atomic E-state index is 0.121. The second-order valence-corrected chi connectivity index (χ2v) is 6.05. The predicted octanol–water partition coefficient (Wildman–Crippen LogP) is 3.85. The van der Waals surface area contributed by atoms with Crippen LogP contribution in [-0.2, 0) is 0 Å². The zero-order valence-corrected chi connectivity index (χ0v) is 13.0. The standard InChI is InChI=1S/C15H22BrFN2/c1-2-19(12-5-3-4-6-12)15(10-18)11-7-8-13(16)14(17)9-11/h7-9,12,15H,2-6,10,18H2,1H3. The molecule has 0 amide bonds. The summed E-state index contributed by atoms with van der Waals surface area (Å²) in [7, 11) is 0. The van der Waals surface area contributed by atoms with Gasteiger partial charge in [0, 0.05) is 18.6 Å². The predicted molar refractivity (Wildman–Crippen MR) is 80.5 cm³/mol. The highest BCUT2D eigenvalue weighted by Gasteiger charge is 2.28. The van der Waals surface area contributed by atoms with Gasteiger partial charge in [0.25, 0.3) is 0 Å². The lowest BCUT2D eigenvalue weighted by molar-refractivity contribution is 0.147. The fourth-order valence-electron chi connectivity index (χ4n) is 3.15. The van der Waals surface area contributed by atoms with Crippen molar-refractivity contribution in [2.75, 3.05) is 13.1 Å². The number of benzene rings is 1. The number of nitrogens with zero attached hydrogens (tertiary/aromatic N) is 1. The molecular formula is C15H22BrFN2. The highest BCUT2D eigenvalue weighted by molar-refractivity contribution is 9.10. The number of hydrogen-bond acceptors (Lipinski definition) is 2. The van der Waals surface area contributed by atoms with E-state index in [9.17, 15) is 4.39 Å². The van der Waals surface area contributed by atoms with E-state index in [1.54, 1.807) is 12.1 Å². The second kappa shape index (κ2) is 6.82. The maximum absolute atomic E-state index is 13.7.